The summed E-state index contributed by atoms with van der Waals surface area (Å²) in [5.74, 6) is 1.18. The molecule has 0 aliphatic carbocycles. The smallest absolute Gasteiger partial charge is 0.224 e. The first-order valence-electron chi connectivity index (χ1n) is 6.80. The third kappa shape index (κ3) is 3.44. The Kier molecular flexibility index (Phi) is 4.74. The fourth-order valence-corrected chi connectivity index (χ4v) is 2.52. The zero-order chi connectivity index (χ0) is 13.7. The van der Waals surface area contributed by atoms with Crippen LogP contribution in [0.15, 0.2) is 18.3 Å². The molecule has 1 aromatic rings. The number of carbonyl (C=O) groups excluding carboxylic acids is 1. The molecule has 0 saturated carbocycles. The van der Waals surface area contributed by atoms with Crippen LogP contribution in [0.2, 0.25) is 0 Å². The number of anilines is 1. The van der Waals surface area contributed by atoms with Crippen LogP contribution < -0.4 is 15.5 Å². The second kappa shape index (κ2) is 6.52. The number of hydrogen-bond acceptors (Lipinski definition) is 4. The van der Waals surface area contributed by atoms with E-state index in [1.54, 1.807) is 7.05 Å². The van der Waals surface area contributed by atoms with Gasteiger partial charge in [-0.3, -0.25) is 4.79 Å². The van der Waals surface area contributed by atoms with Gasteiger partial charge < -0.3 is 15.5 Å². The fraction of sp³-hybridized carbons (Fsp3) is 0.571. The number of nitrogens with zero attached hydrogens (tertiary/aromatic N) is 2. The minimum Gasteiger partial charge on any atom is -0.359 e. The molecule has 1 fully saturated rings. The molecule has 1 amide bonds. The number of rotatable bonds is 4. The Bertz CT molecular complexity index is 418. The lowest BCUT2D eigenvalue weighted by molar-refractivity contribution is -0.124. The molecule has 1 saturated heterocycles. The molecule has 104 valence electrons. The SMILES string of the molecule is CNCc1ccc(N2CCCC(C(=O)NC)C2)nc1. The van der Waals surface area contributed by atoms with E-state index in [1.807, 2.05) is 19.3 Å². The molecule has 1 unspecified atom stereocenters. The summed E-state index contributed by atoms with van der Waals surface area (Å²) in [5, 5.41) is 5.84. The summed E-state index contributed by atoms with van der Waals surface area (Å²) < 4.78 is 0. The van der Waals surface area contributed by atoms with E-state index in [9.17, 15) is 4.79 Å². The van der Waals surface area contributed by atoms with Gasteiger partial charge in [0.2, 0.25) is 5.91 Å². The molecule has 1 aliphatic rings. The molecule has 0 spiro atoms. The van der Waals surface area contributed by atoms with E-state index >= 15 is 0 Å². The van der Waals surface area contributed by atoms with Crippen molar-refractivity contribution in [2.45, 2.75) is 19.4 Å². The standard InChI is InChI=1S/C14H22N4O/c1-15-8-11-5-6-13(17-9-11)18-7-3-4-12(10-18)14(19)16-2/h5-6,9,12,15H,3-4,7-8,10H2,1-2H3,(H,16,19). The average molecular weight is 262 g/mol. The van der Waals surface area contributed by atoms with Crippen molar-refractivity contribution in [3.05, 3.63) is 23.9 Å². The van der Waals surface area contributed by atoms with Gasteiger partial charge in [0.05, 0.1) is 5.92 Å². The molecule has 5 nitrogen and oxygen atoms in total. The summed E-state index contributed by atoms with van der Waals surface area (Å²) in [7, 11) is 3.62. The molecular formula is C14H22N4O. The third-order valence-corrected chi connectivity index (χ3v) is 3.55. The molecule has 2 rings (SSSR count). The molecule has 19 heavy (non-hydrogen) atoms. The highest BCUT2D eigenvalue weighted by atomic mass is 16.1. The fourth-order valence-electron chi connectivity index (χ4n) is 2.52. The summed E-state index contributed by atoms with van der Waals surface area (Å²) in [4.78, 5) is 18.4. The zero-order valence-corrected chi connectivity index (χ0v) is 11.6. The Morgan fingerprint density at radius 1 is 1.47 bits per heavy atom. The quantitative estimate of drug-likeness (QED) is 0.841. The third-order valence-electron chi connectivity index (χ3n) is 3.55. The van der Waals surface area contributed by atoms with Crippen molar-refractivity contribution in [2.24, 2.45) is 5.92 Å². The van der Waals surface area contributed by atoms with Gasteiger partial charge in [-0.15, -0.1) is 0 Å². The monoisotopic (exact) mass is 262 g/mol. The lowest BCUT2D eigenvalue weighted by atomic mass is 9.97. The van der Waals surface area contributed by atoms with E-state index in [4.69, 9.17) is 0 Å². The summed E-state index contributed by atoms with van der Waals surface area (Å²) in [6.07, 6.45) is 3.90. The number of nitrogens with one attached hydrogen (secondary N) is 2. The van der Waals surface area contributed by atoms with Gasteiger partial charge in [0.25, 0.3) is 0 Å². The molecule has 0 aromatic carbocycles. The largest absolute Gasteiger partial charge is 0.359 e. The predicted octanol–water partition coefficient (Wildman–Crippen LogP) is 0.763. The van der Waals surface area contributed by atoms with Gasteiger partial charge in [-0.2, -0.15) is 0 Å². The van der Waals surface area contributed by atoms with Crippen LogP contribution in [0.1, 0.15) is 18.4 Å². The maximum atomic E-state index is 11.7. The van der Waals surface area contributed by atoms with Crippen LogP contribution in [0.25, 0.3) is 0 Å². The number of amides is 1. The van der Waals surface area contributed by atoms with Crippen LogP contribution in [0.3, 0.4) is 0 Å². The van der Waals surface area contributed by atoms with Crippen molar-refractivity contribution >= 4 is 11.7 Å². The summed E-state index contributed by atoms with van der Waals surface area (Å²) in [6.45, 7) is 2.57. The van der Waals surface area contributed by atoms with E-state index in [-0.39, 0.29) is 11.8 Å². The minimum atomic E-state index is 0.0811. The van der Waals surface area contributed by atoms with Crippen LogP contribution in [-0.2, 0) is 11.3 Å². The number of piperidine rings is 1. The van der Waals surface area contributed by atoms with E-state index in [2.05, 4.69) is 26.6 Å². The molecule has 2 N–H and O–H groups in total. The van der Waals surface area contributed by atoms with E-state index in [0.717, 1.165) is 38.3 Å². The van der Waals surface area contributed by atoms with Crippen molar-refractivity contribution in [1.29, 1.82) is 0 Å². The number of carbonyl (C=O) groups is 1. The number of pyridine rings is 1. The van der Waals surface area contributed by atoms with Crippen LogP contribution in [-0.4, -0.2) is 38.1 Å². The lowest BCUT2D eigenvalue weighted by Gasteiger charge is -2.32. The predicted molar refractivity (Wildman–Crippen MR) is 76.0 cm³/mol. The maximum absolute atomic E-state index is 11.7. The van der Waals surface area contributed by atoms with Crippen molar-refractivity contribution in [3.8, 4) is 0 Å². The lowest BCUT2D eigenvalue weighted by Crippen LogP contribution is -2.42. The van der Waals surface area contributed by atoms with Crippen LogP contribution in [0.5, 0.6) is 0 Å². The molecule has 2 heterocycles. The Morgan fingerprint density at radius 2 is 2.32 bits per heavy atom. The topological polar surface area (TPSA) is 57.3 Å². The first-order chi connectivity index (χ1) is 9.24. The van der Waals surface area contributed by atoms with Gasteiger partial charge in [-0.05, 0) is 31.5 Å². The average Bonchev–Trinajstić information content (AvgIpc) is 2.48. The summed E-state index contributed by atoms with van der Waals surface area (Å²) in [5.41, 5.74) is 1.17. The first-order valence-corrected chi connectivity index (χ1v) is 6.80. The maximum Gasteiger partial charge on any atom is 0.224 e. The number of hydrogen-bond donors (Lipinski definition) is 2. The highest BCUT2D eigenvalue weighted by Gasteiger charge is 2.25. The van der Waals surface area contributed by atoms with Crippen molar-refractivity contribution in [2.75, 3.05) is 32.1 Å². The molecule has 0 radical (unpaired) electrons. The van der Waals surface area contributed by atoms with Gasteiger partial charge in [-0.1, -0.05) is 6.07 Å². The zero-order valence-electron chi connectivity index (χ0n) is 11.6. The molecule has 1 atom stereocenters. The second-order valence-electron chi connectivity index (χ2n) is 4.95. The molecule has 5 heteroatoms. The highest BCUT2D eigenvalue weighted by Crippen LogP contribution is 2.21. The minimum absolute atomic E-state index is 0.0811. The van der Waals surface area contributed by atoms with Gasteiger partial charge >= 0.3 is 0 Å². The molecule has 0 bridgehead atoms. The van der Waals surface area contributed by atoms with Gasteiger partial charge in [0.1, 0.15) is 5.82 Å². The molecule has 1 aliphatic heterocycles. The van der Waals surface area contributed by atoms with Crippen molar-refractivity contribution in [3.63, 3.8) is 0 Å². The Labute approximate surface area is 114 Å². The van der Waals surface area contributed by atoms with E-state index < -0.39 is 0 Å². The van der Waals surface area contributed by atoms with E-state index in [1.165, 1.54) is 5.56 Å². The normalized spacial score (nSPS) is 19.3. The first kappa shape index (κ1) is 13.8. The highest BCUT2D eigenvalue weighted by molar-refractivity contribution is 5.79. The summed E-state index contributed by atoms with van der Waals surface area (Å²) >= 11 is 0. The Balaban J connectivity index is 2.02. The van der Waals surface area contributed by atoms with Crippen molar-refractivity contribution < 1.29 is 4.79 Å². The second-order valence-corrected chi connectivity index (χ2v) is 4.95. The van der Waals surface area contributed by atoms with Crippen LogP contribution >= 0.6 is 0 Å². The Hall–Kier alpha value is -1.62. The van der Waals surface area contributed by atoms with E-state index in [0.29, 0.717) is 0 Å². The van der Waals surface area contributed by atoms with Crippen LogP contribution in [0.4, 0.5) is 5.82 Å². The van der Waals surface area contributed by atoms with Gasteiger partial charge in [0, 0.05) is 32.9 Å². The van der Waals surface area contributed by atoms with Gasteiger partial charge in [0.15, 0.2) is 0 Å². The summed E-state index contributed by atoms with van der Waals surface area (Å²) in [6, 6.07) is 4.13. The Morgan fingerprint density at radius 3 is 2.95 bits per heavy atom. The van der Waals surface area contributed by atoms with Crippen molar-refractivity contribution in [1.82, 2.24) is 15.6 Å². The van der Waals surface area contributed by atoms with Gasteiger partial charge in [-0.25, -0.2) is 4.98 Å². The molecule has 1 aromatic heterocycles. The molecular weight excluding hydrogens is 240 g/mol. The van der Waals surface area contributed by atoms with Crippen LogP contribution in [0, 0.1) is 5.92 Å². The number of aromatic nitrogens is 1.